The van der Waals surface area contributed by atoms with E-state index in [1.165, 1.54) is 4.80 Å². The molecule has 7 heteroatoms. The van der Waals surface area contributed by atoms with E-state index in [-0.39, 0.29) is 36.0 Å². The number of hydrogen-bond donors (Lipinski definition) is 1. The number of nitrogens with zero attached hydrogens (tertiary/aromatic N) is 3. The summed E-state index contributed by atoms with van der Waals surface area (Å²) in [6.45, 7) is 2.52. The zero-order valence-electron chi connectivity index (χ0n) is 17.3. The van der Waals surface area contributed by atoms with Crippen LogP contribution in [-0.4, -0.2) is 37.4 Å². The summed E-state index contributed by atoms with van der Waals surface area (Å²) in [6, 6.07) is 0. The number of rotatable bonds is 3. The van der Waals surface area contributed by atoms with Crippen molar-refractivity contribution in [3.05, 3.63) is 24.0 Å². The van der Waals surface area contributed by atoms with E-state index in [1.54, 1.807) is 12.4 Å². The Bertz CT molecular complexity index is 916. The van der Waals surface area contributed by atoms with Gasteiger partial charge in [0.1, 0.15) is 12.1 Å². The Balaban J connectivity index is 1.24. The molecule has 5 aliphatic rings. The third kappa shape index (κ3) is 2.28. The first-order chi connectivity index (χ1) is 14.3. The molecule has 30 heavy (non-hydrogen) atoms. The van der Waals surface area contributed by atoms with Gasteiger partial charge in [0.05, 0.1) is 18.3 Å². The van der Waals surface area contributed by atoms with Crippen molar-refractivity contribution in [2.75, 3.05) is 0 Å². The molecule has 0 radical (unpaired) electrons. The van der Waals surface area contributed by atoms with Crippen LogP contribution in [0.5, 0.6) is 0 Å². The maximum absolute atomic E-state index is 14.3. The minimum Gasteiger partial charge on any atom is -0.383 e. The predicted octanol–water partition coefficient (Wildman–Crippen LogP) is 3.64. The smallest absolute Gasteiger partial charge is 0.286 e. The second-order valence-electron chi connectivity index (χ2n) is 10.7. The lowest BCUT2D eigenvalue weighted by molar-refractivity contribution is -0.129. The summed E-state index contributed by atoms with van der Waals surface area (Å²) in [5, 5.41) is 18.5. The van der Waals surface area contributed by atoms with Gasteiger partial charge in [-0.3, -0.25) is 4.79 Å². The molecule has 0 spiro atoms. The normalized spacial score (nSPS) is 48.1. The molecule has 1 heterocycles. The van der Waals surface area contributed by atoms with Crippen LogP contribution in [0.4, 0.5) is 8.78 Å². The average molecular weight is 418 g/mol. The monoisotopic (exact) mass is 417 g/mol. The number of Topliss-reactive ketones (excluding diaryl/α,β-unsaturated/α-hetero) is 1. The number of halogens is 2. The molecule has 1 aromatic heterocycles. The van der Waals surface area contributed by atoms with Crippen LogP contribution in [0.2, 0.25) is 0 Å². The van der Waals surface area contributed by atoms with Crippen molar-refractivity contribution < 1.29 is 18.7 Å². The minimum absolute atomic E-state index is 0.0182. The highest BCUT2D eigenvalue weighted by Gasteiger charge is 2.83. The summed E-state index contributed by atoms with van der Waals surface area (Å²) in [5.74, 6) is -2.09. The Morgan fingerprint density at radius 1 is 1.17 bits per heavy atom. The predicted molar refractivity (Wildman–Crippen MR) is 104 cm³/mol. The molecule has 1 aromatic rings. The highest BCUT2D eigenvalue weighted by atomic mass is 19.3. The SMILES string of the molecule is C[C@]12CC[C@H]3[C@@H](CC=C4C5C(F)(F)[C@@]5(O)CC[C@@H]43)[C@@H]1CC[C@@H]2C(=O)Cn1nccn1. The molecule has 6 rings (SSSR count). The number of carbonyl (C=O) groups is 1. The second-order valence-corrected chi connectivity index (χ2v) is 10.7. The fraction of sp³-hybridized carbons (Fsp3) is 0.783. The minimum atomic E-state index is -2.95. The molecule has 0 aromatic carbocycles. The van der Waals surface area contributed by atoms with Crippen LogP contribution in [0.3, 0.4) is 0 Å². The lowest BCUT2D eigenvalue weighted by atomic mass is 9.51. The van der Waals surface area contributed by atoms with E-state index in [4.69, 9.17) is 0 Å². The summed E-state index contributed by atoms with van der Waals surface area (Å²) < 4.78 is 28.6. The number of fused-ring (bicyclic) bond motifs is 7. The summed E-state index contributed by atoms with van der Waals surface area (Å²) in [4.78, 5) is 14.6. The van der Waals surface area contributed by atoms with Crippen molar-refractivity contribution in [3.8, 4) is 0 Å². The number of hydrogen-bond acceptors (Lipinski definition) is 4. The lowest BCUT2D eigenvalue weighted by Gasteiger charge is -2.53. The zero-order valence-corrected chi connectivity index (χ0v) is 17.3. The van der Waals surface area contributed by atoms with Crippen LogP contribution in [0.15, 0.2) is 24.0 Å². The van der Waals surface area contributed by atoms with E-state index < -0.39 is 17.4 Å². The summed E-state index contributed by atoms with van der Waals surface area (Å²) >= 11 is 0. The standard InChI is InChI=1S/C23H29F2N3O2/c1-21-8-6-13-14-7-9-22(30)20(23(22,24)25)16(14)3-2-15(13)17(21)4-5-18(21)19(29)12-28-26-10-11-27-28/h3,10-11,13-15,17-18,20,30H,2,4-9,12H2,1H3/t13-,14-,15-,17+,18-,20?,21+,22-/m1/s1. The van der Waals surface area contributed by atoms with Crippen LogP contribution in [-0.2, 0) is 11.3 Å². The Morgan fingerprint density at radius 2 is 1.93 bits per heavy atom. The summed E-state index contributed by atoms with van der Waals surface area (Å²) in [5.41, 5.74) is -0.958. The highest BCUT2D eigenvalue weighted by molar-refractivity contribution is 5.82. The van der Waals surface area contributed by atoms with Gasteiger partial charge < -0.3 is 5.11 Å². The van der Waals surface area contributed by atoms with Crippen molar-refractivity contribution in [3.63, 3.8) is 0 Å². The number of allylic oxidation sites excluding steroid dienone is 1. The van der Waals surface area contributed by atoms with E-state index in [0.29, 0.717) is 24.2 Å². The fourth-order valence-electron chi connectivity index (χ4n) is 8.26. The number of aliphatic hydroxyl groups is 1. The first-order valence-corrected chi connectivity index (χ1v) is 11.4. The molecule has 5 nitrogen and oxygen atoms in total. The third-order valence-corrected chi connectivity index (χ3v) is 9.72. The number of aromatic nitrogens is 3. The lowest BCUT2D eigenvalue weighted by Crippen LogP contribution is -2.47. The number of alkyl halides is 2. The average Bonchev–Trinajstić information content (AvgIpc) is 3.13. The van der Waals surface area contributed by atoms with Gasteiger partial charge >= 0.3 is 0 Å². The van der Waals surface area contributed by atoms with Gasteiger partial charge in [-0.15, -0.1) is 0 Å². The Kier molecular flexibility index (Phi) is 3.81. The molecule has 0 aliphatic heterocycles. The molecule has 5 aliphatic carbocycles. The van der Waals surface area contributed by atoms with Crippen molar-refractivity contribution >= 4 is 5.78 Å². The van der Waals surface area contributed by atoms with Gasteiger partial charge in [0, 0.05) is 5.92 Å². The van der Waals surface area contributed by atoms with Crippen LogP contribution < -0.4 is 0 Å². The highest BCUT2D eigenvalue weighted by Crippen LogP contribution is 2.72. The topological polar surface area (TPSA) is 68.0 Å². The molecule has 0 amide bonds. The summed E-state index contributed by atoms with van der Waals surface area (Å²) in [6.07, 6.45) is 10.9. The Hall–Kier alpha value is -1.63. The maximum Gasteiger partial charge on any atom is 0.286 e. The van der Waals surface area contributed by atoms with E-state index in [0.717, 1.165) is 37.7 Å². The third-order valence-electron chi connectivity index (χ3n) is 9.72. The number of carbonyl (C=O) groups excluding carboxylic acids is 1. The zero-order chi connectivity index (χ0) is 20.9. The van der Waals surface area contributed by atoms with E-state index in [1.807, 2.05) is 0 Å². The van der Waals surface area contributed by atoms with Crippen molar-refractivity contribution in [1.82, 2.24) is 15.0 Å². The van der Waals surface area contributed by atoms with Gasteiger partial charge in [0.2, 0.25) is 0 Å². The molecule has 4 saturated carbocycles. The largest absolute Gasteiger partial charge is 0.383 e. The quantitative estimate of drug-likeness (QED) is 0.763. The van der Waals surface area contributed by atoms with Crippen LogP contribution in [0.25, 0.3) is 0 Å². The second kappa shape index (κ2) is 5.99. The first-order valence-electron chi connectivity index (χ1n) is 11.4. The van der Waals surface area contributed by atoms with Gasteiger partial charge in [-0.05, 0) is 74.0 Å². The van der Waals surface area contributed by atoms with Crippen molar-refractivity contribution in [1.29, 1.82) is 0 Å². The molecule has 1 N–H and O–H groups in total. The van der Waals surface area contributed by atoms with Crippen molar-refractivity contribution in [2.24, 2.45) is 40.9 Å². The van der Waals surface area contributed by atoms with E-state index >= 15 is 0 Å². The molecule has 4 fully saturated rings. The van der Waals surface area contributed by atoms with E-state index in [2.05, 4.69) is 23.2 Å². The Labute approximate surface area is 174 Å². The van der Waals surface area contributed by atoms with Crippen molar-refractivity contribution in [2.45, 2.75) is 69.9 Å². The van der Waals surface area contributed by atoms with Gasteiger partial charge in [-0.2, -0.15) is 15.0 Å². The first kappa shape index (κ1) is 19.1. The number of ketones is 1. The fourth-order valence-corrected chi connectivity index (χ4v) is 8.26. The van der Waals surface area contributed by atoms with Crippen LogP contribution in [0, 0.1) is 40.9 Å². The molecule has 0 saturated heterocycles. The molecule has 0 bridgehead atoms. The van der Waals surface area contributed by atoms with Crippen LogP contribution in [0.1, 0.15) is 51.9 Å². The molecule has 162 valence electrons. The van der Waals surface area contributed by atoms with Gasteiger partial charge in [-0.25, -0.2) is 8.78 Å². The van der Waals surface area contributed by atoms with Gasteiger partial charge in [0.25, 0.3) is 5.92 Å². The Morgan fingerprint density at radius 3 is 2.70 bits per heavy atom. The maximum atomic E-state index is 14.3. The molecule has 8 atom stereocenters. The van der Waals surface area contributed by atoms with Gasteiger partial charge in [-0.1, -0.05) is 18.6 Å². The van der Waals surface area contributed by atoms with Crippen LogP contribution >= 0.6 is 0 Å². The molecular weight excluding hydrogens is 388 g/mol. The molecule has 1 unspecified atom stereocenters. The van der Waals surface area contributed by atoms with E-state index in [9.17, 15) is 18.7 Å². The molecular formula is C23H29F2N3O2. The summed E-state index contributed by atoms with van der Waals surface area (Å²) in [7, 11) is 0. The van der Waals surface area contributed by atoms with Gasteiger partial charge in [0.15, 0.2) is 5.78 Å².